The smallest absolute Gasteiger partial charge is 0.260 e. The minimum atomic E-state index is -3.58. The summed E-state index contributed by atoms with van der Waals surface area (Å²) in [6.45, 7) is 8.04. The van der Waals surface area contributed by atoms with Crippen molar-refractivity contribution in [3.63, 3.8) is 0 Å². The quantitative estimate of drug-likeness (QED) is 0.398. The standard InChI is InChI=1S/C24H30N4O5S2.ClH/c1-5-27(6-2)11-12-28(23(29)17-7-9-18(10-8-17)35(30,31)26(3)4)24-25-19-15-20-21(16-22(19)34-24)33-14-13-32-20;/h7-10,15-16H,5-6,11-14H2,1-4H3;1H. The zero-order valence-electron chi connectivity index (χ0n) is 20.8. The summed E-state index contributed by atoms with van der Waals surface area (Å²) >= 11 is 1.42. The molecule has 0 bridgehead atoms. The molecule has 2 aromatic carbocycles. The normalized spacial score (nSPS) is 13.2. The van der Waals surface area contributed by atoms with Crippen molar-refractivity contribution in [3.8, 4) is 11.5 Å². The first-order valence-corrected chi connectivity index (χ1v) is 13.8. The summed E-state index contributed by atoms with van der Waals surface area (Å²) in [6.07, 6.45) is 0. The Kier molecular flexibility index (Phi) is 9.18. The minimum absolute atomic E-state index is 0. The molecule has 3 aromatic rings. The highest BCUT2D eigenvalue weighted by Gasteiger charge is 2.24. The first-order chi connectivity index (χ1) is 16.7. The van der Waals surface area contributed by atoms with Gasteiger partial charge >= 0.3 is 0 Å². The number of amides is 1. The lowest BCUT2D eigenvalue weighted by Gasteiger charge is -2.24. The predicted octanol–water partition coefficient (Wildman–Crippen LogP) is 3.73. The first kappa shape index (κ1) is 28.1. The summed E-state index contributed by atoms with van der Waals surface area (Å²) in [5, 5.41) is 0.574. The van der Waals surface area contributed by atoms with Gasteiger partial charge in [-0.05, 0) is 37.4 Å². The van der Waals surface area contributed by atoms with Crippen molar-refractivity contribution in [2.45, 2.75) is 18.7 Å². The van der Waals surface area contributed by atoms with E-state index in [0.29, 0.717) is 48.5 Å². The Labute approximate surface area is 222 Å². The Morgan fingerprint density at radius 3 is 2.19 bits per heavy atom. The van der Waals surface area contributed by atoms with Gasteiger partial charge in [-0.1, -0.05) is 25.2 Å². The maximum atomic E-state index is 13.6. The summed E-state index contributed by atoms with van der Waals surface area (Å²) in [4.78, 5) is 22.4. The molecule has 1 amide bonds. The van der Waals surface area contributed by atoms with Gasteiger partial charge in [-0.25, -0.2) is 17.7 Å². The number of benzene rings is 2. The molecule has 0 saturated heterocycles. The van der Waals surface area contributed by atoms with E-state index in [2.05, 4.69) is 18.7 Å². The highest BCUT2D eigenvalue weighted by Crippen LogP contribution is 2.39. The number of carbonyl (C=O) groups is 1. The number of thiazole rings is 1. The van der Waals surface area contributed by atoms with Crippen LogP contribution in [-0.4, -0.2) is 82.0 Å². The Bertz CT molecular complexity index is 1270. The molecule has 4 rings (SSSR count). The predicted molar refractivity (Wildman–Crippen MR) is 145 cm³/mol. The van der Waals surface area contributed by atoms with E-state index >= 15 is 0 Å². The van der Waals surface area contributed by atoms with Crippen LogP contribution in [0.25, 0.3) is 10.2 Å². The van der Waals surface area contributed by atoms with Gasteiger partial charge in [0.2, 0.25) is 10.0 Å². The number of carbonyl (C=O) groups excluding carboxylic acids is 1. The van der Waals surface area contributed by atoms with Crippen LogP contribution >= 0.6 is 23.7 Å². The van der Waals surface area contributed by atoms with Crippen LogP contribution in [0.3, 0.4) is 0 Å². The molecule has 0 atom stereocenters. The van der Waals surface area contributed by atoms with Crippen LogP contribution < -0.4 is 14.4 Å². The lowest BCUT2D eigenvalue weighted by atomic mass is 10.2. The van der Waals surface area contributed by atoms with Crippen LogP contribution in [0.4, 0.5) is 5.13 Å². The number of likely N-dealkylation sites (N-methyl/N-ethyl adjacent to an activating group) is 1. The van der Waals surface area contributed by atoms with E-state index in [1.165, 1.54) is 37.6 Å². The SMILES string of the molecule is CCN(CC)CCN(C(=O)c1ccc(S(=O)(=O)N(C)C)cc1)c1nc2cc3c(cc2s1)OCCO3.Cl. The highest BCUT2D eigenvalue weighted by atomic mass is 35.5. The molecule has 0 fully saturated rings. The molecule has 0 N–H and O–H groups in total. The fourth-order valence-corrected chi connectivity index (χ4v) is 5.67. The Morgan fingerprint density at radius 1 is 1.00 bits per heavy atom. The molecule has 2 heterocycles. The van der Waals surface area contributed by atoms with Gasteiger partial charge in [-0.2, -0.15) is 0 Å². The Morgan fingerprint density at radius 2 is 1.61 bits per heavy atom. The van der Waals surface area contributed by atoms with E-state index in [1.54, 1.807) is 17.0 Å². The number of anilines is 1. The van der Waals surface area contributed by atoms with Crippen LogP contribution in [0.5, 0.6) is 11.5 Å². The van der Waals surface area contributed by atoms with Gasteiger partial charge in [0, 0.05) is 44.9 Å². The molecule has 0 saturated carbocycles. The van der Waals surface area contributed by atoms with Crippen molar-refractivity contribution in [2.24, 2.45) is 0 Å². The molecule has 0 unspecified atom stereocenters. The zero-order valence-corrected chi connectivity index (χ0v) is 23.2. The molecule has 1 aliphatic rings. The minimum Gasteiger partial charge on any atom is -0.486 e. The van der Waals surface area contributed by atoms with E-state index in [9.17, 15) is 13.2 Å². The molecule has 1 aliphatic heterocycles. The summed E-state index contributed by atoms with van der Waals surface area (Å²) in [5.41, 5.74) is 1.13. The van der Waals surface area contributed by atoms with E-state index in [4.69, 9.17) is 14.5 Å². The summed E-state index contributed by atoms with van der Waals surface area (Å²) in [7, 11) is -0.625. The number of hydrogen-bond donors (Lipinski definition) is 0. The number of fused-ring (bicyclic) bond motifs is 2. The van der Waals surface area contributed by atoms with E-state index < -0.39 is 10.0 Å². The van der Waals surface area contributed by atoms with Gasteiger partial charge in [0.1, 0.15) is 13.2 Å². The maximum absolute atomic E-state index is 13.6. The van der Waals surface area contributed by atoms with Crippen molar-refractivity contribution in [1.82, 2.24) is 14.2 Å². The highest BCUT2D eigenvalue weighted by molar-refractivity contribution is 7.89. The van der Waals surface area contributed by atoms with E-state index in [-0.39, 0.29) is 23.2 Å². The van der Waals surface area contributed by atoms with Crippen LogP contribution in [-0.2, 0) is 10.0 Å². The van der Waals surface area contributed by atoms with Gasteiger partial charge < -0.3 is 14.4 Å². The summed E-state index contributed by atoms with van der Waals surface area (Å²) in [6, 6.07) is 9.78. The maximum Gasteiger partial charge on any atom is 0.260 e. The van der Waals surface area contributed by atoms with Crippen molar-refractivity contribution < 1.29 is 22.7 Å². The third-order valence-electron chi connectivity index (χ3n) is 5.93. The molecule has 9 nitrogen and oxygen atoms in total. The van der Waals surface area contributed by atoms with Crippen LogP contribution in [0, 0.1) is 0 Å². The van der Waals surface area contributed by atoms with E-state index in [0.717, 1.165) is 27.6 Å². The lowest BCUT2D eigenvalue weighted by Crippen LogP contribution is -2.38. The second kappa shape index (κ2) is 11.7. The number of aromatic nitrogens is 1. The average molecular weight is 555 g/mol. The van der Waals surface area contributed by atoms with Crippen LogP contribution in [0.15, 0.2) is 41.3 Å². The van der Waals surface area contributed by atoms with Crippen molar-refractivity contribution in [3.05, 3.63) is 42.0 Å². The van der Waals surface area contributed by atoms with Gasteiger partial charge in [-0.3, -0.25) is 9.69 Å². The molecular formula is C24H31ClN4O5S2. The monoisotopic (exact) mass is 554 g/mol. The number of ether oxygens (including phenoxy) is 2. The fraction of sp³-hybridized carbons (Fsp3) is 0.417. The largest absolute Gasteiger partial charge is 0.486 e. The topological polar surface area (TPSA) is 92.3 Å². The second-order valence-corrected chi connectivity index (χ2v) is 11.4. The summed E-state index contributed by atoms with van der Waals surface area (Å²) < 4.78 is 38.3. The van der Waals surface area contributed by atoms with Gasteiger partial charge in [0.25, 0.3) is 5.91 Å². The molecule has 12 heteroatoms. The van der Waals surface area contributed by atoms with E-state index in [1.807, 2.05) is 12.1 Å². The fourth-order valence-electron chi connectivity index (χ4n) is 3.77. The second-order valence-electron chi connectivity index (χ2n) is 8.26. The number of hydrogen-bond acceptors (Lipinski definition) is 8. The number of nitrogens with zero attached hydrogens (tertiary/aromatic N) is 4. The number of rotatable bonds is 9. The van der Waals surface area contributed by atoms with Crippen LogP contribution in [0.1, 0.15) is 24.2 Å². The molecular weight excluding hydrogens is 524 g/mol. The van der Waals surface area contributed by atoms with Gasteiger partial charge in [0.05, 0.1) is 15.1 Å². The average Bonchev–Trinajstić information content (AvgIpc) is 3.27. The molecule has 1 aromatic heterocycles. The van der Waals surface area contributed by atoms with Gasteiger partial charge in [-0.15, -0.1) is 12.4 Å². The summed E-state index contributed by atoms with van der Waals surface area (Å²) in [5.74, 6) is 1.10. The molecule has 196 valence electrons. The third-order valence-corrected chi connectivity index (χ3v) is 8.80. The molecule has 36 heavy (non-hydrogen) atoms. The molecule has 0 spiro atoms. The Hall–Kier alpha value is -2.44. The van der Waals surface area contributed by atoms with Crippen LogP contribution in [0.2, 0.25) is 0 Å². The Balaban J connectivity index is 0.00000361. The van der Waals surface area contributed by atoms with Crippen molar-refractivity contribution in [1.29, 1.82) is 0 Å². The van der Waals surface area contributed by atoms with Gasteiger partial charge in [0.15, 0.2) is 16.6 Å². The number of halogens is 1. The third kappa shape index (κ3) is 5.76. The molecule has 0 radical (unpaired) electrons. The van der Waals surface area contributed by atoms with Crippen molar-refractivity contribution >= 4 is 55.0 Å². The molecule has 0 aliphatic carbocycles. The first-order valence-electron chi connectivity index (χ1n) is 11.5. The zero-order chi connectivity index (χ0) is 25.2. The number of sulfonamides is 1. The van der Waals surface area contributed by atoms with Crippen molar-refractivity contribution in [2.75, 3.05) is 58.4 Å². The lowest BCUT2D eigenvalue weighted by molar-refractivity contribution is 0.0983.